The zero-order valence-electron chi connectivity index (χ0n) is 12.3. The van der Waals surface area contributed by atoms with Crippen molar-refractivity contribution in [3.63, 3.8) is 0 Å². The Balaban J connectivity index is 1.92. The molecule has 0 bridgehead atoms. The van der Waals surface area contributed by atoms with E-state index in [2.05, 4.69) is 0 Å². The zero-order valence-corrected chi connectivity index (χ0v) is 13.1. The van der Waals surface area contributed by atoms with Gasteiger partial charge < -0.3 is 9.64 Å². The van der Waals surface area contributed by atoms with Gasteiger partial charge in [-0.15, -0.1) is 0 Å². The Morgan fingerprint density at radius 2 is 2.04 bits per heavy atom. The number of amides is 1. The Morgan fingerprint density at radius 1 is 1.35 bits per heavy atom. The monoisotopic (exact) mass is 347 g/mol. The number of halogens is 2. The maximum atomic E-state index is 13.4. The molecule has 1 aliphatic rings. The highest BCUT2D eigenvalue weighted by Gasteiger charge is 2.33. The molecule has 1 saturated heterocycles. The van der Waals surface area contributed by atoms with Crippen LogP contribution in [0.1, 0.15) is 16.8 Å². The SMILES string of the molecule is CN(C(=O)COC(=O)c1ccc(F)cc1F)[C@H]1CCS(=O)(=O)C1. The molecule has 0 aliphatic carbocycles. The topological polar surface area (TPSA) is 80.8 Å². The number of sulfone groups is 1. The smallest absolute Gasteiger partial charge is 0.341 e. The molecule has 126 valence electrons. The van der Waals surface area contributed by atoms with Gasteiger partial charge in [-0.1, -0.05) is 0 Å². The summed E-state index contributed by atoms with van der Waals surface area (Å²) >= 11 is 0. The summed E-state index contributed by atoms with van der Waals surface area (Å²) in [6.45, 7) is -0.650. The minimum absolute atomic E-state index is 0.00979. The first-order valence-electron chi connectivity index (χ1n) is 6.78. The van der Waals surface area contributed by atoms with E-state index in [1.807, 2.05) is 0 Å². The van der Waals surface area contributed by atoms with Crippen molar-refractivity contribution in [1.29, 1.82) is 0 Å². The summed E-state index contributed by atoms with van der Waals surface area (Å²) in [4.78, 5) is 24.8. The van der Waals surface area contributed by atoms with E-state index >= 15 is 0 Å². The van der Waals surface area contributed by atoms with E-state index in [4.69, 9.17) is 4.74 Å². The lowest BCUT2D eigenvalue weighted by Crippen LogP contribution is -2.40. The molecule has 6 nitrogen and oxygen atoms in total. The first kappa shape index (κ1) is 17.3. The highest BCUT2D eigenvalue weighted by atomic mass is 32.2. The number of carbonyl (C=O) groups excluding carboxylic acids is 2. The van der Waals surface area contributed by atoms with Crippen molar-refractivity contribution in [2.45, 2.75) is 12.5 Å². The van der Waals surface area contributed by atoms with Gasteiger partial charge in [-0.25, -0.2) is 22.0 Å². The Kier molecular flexibility index (Phi) is 4.98. The Morgan fingerprint density at radius 3 is 2.61 bits per heavy atom. The van der Waals surface area contributed by atoms with Crippen molar-refractivity contribution < 1.29 is 31.5 Å². The number of hydrogen-bond donors (Lipinski definition) is 0. The van der Waals surface area contributed by atoms with Gasteiger partial charge in [-0.05, 0) is 18.6 Å². The van der Waals surface area contributed by atoms with Crippen LogP contribution in [0.25, 0.3) is 0 Å². The van der Waals surface area contributed by atoms with E-state index in [-0.39, 0.29) is 11.5 Å². The van der Waals surface area contributed by atoms with E-state index in [1.165, 1.54) is 11.9 Å². The van der Waals surface area contributed by atoms with Crippen LogP contribution in [0, 0.1) is 11.6 Å². The van der Waals surface area contributed by atoms with E-state index < -0.39 is 51.6 Å². The molecule has 9 heteroatoms. The molecule has 1 aromatic carbocycles. The fourth-order valence-electron chi connectivity index (χ4n) is 2.25. The number of ether oxygens (including phenoxy) is 1. The lowest BCUT2D eigenvalue weighted by atomic mass is 10.2. The quantitative estimate of drug-likeness (QED) is 0.752. The van der Waals surface area contributed by atoms with E-state index in [9.17, 15) is 26.8 Å². The van der Waals surface area contributed by atoms with E-state index in [0.717, 1.165) is 12.1 Å². The van der Waals surface area contributed by atoms with Gasteiger partial charge in [0.15, 0.2) is 16.4 Å². The number of hydrogen-bond acceptors (Lipinski definition) is 5. The molecule has 0 aromatic heterocycles. The maximum absolute atomic E-state index is 13.4. The third-order valence-electron chi connectivity index (χ3n) is 3.63. The van der Waals surface area contributed by atoms with Crippen LogP contribution >= 0.6 is 0 Å². The summed E-state index contributed by atoms with van der Waals surface area (Å²) in [5.74, 6) is -3.73. The average molecular weight is 347 g/mol. The molecule has 0 radical (unpaired) electrons. The largest absolute Gasteiger partial charge is 0.452 e. The van der Waals surface area contributed by atoms with Crippen molar-refractivity contribution in [1.82, 2.24) is 4.90 Å². The van der Waals surface area contributed by atoms with E-state index in [0.29, 0.717) is 12.5 Å². The molecular weight excluding hydrogens is 332 g/mol. The summed E-state index contributed by atoms with van der Waals surface area (Å²) in [6, 6.07) is 1.89. The van der Waals surface area contributed by atoms with Crippen molar-refractivity contribution in [2.24, 2.45) is 0 Å². The standard InChI is InChI=1S/C14H15F2NO5S/c1-17(10-4-5-23(20,21)8-10)13(18)7-22-14(19)11-3-2-9(15)6-12(11)16/h2-3,6,10H,4-5,7-8H2,1H3/t10-/m0/s1. The molecule has 1 aliphatic heterocycles. The number of benzene rings is 1. The van der Waals surface area contributed by atoms with Crippen LogP contribution in [-0.4, -0.2) is 56.4 Å². The third kappa shape index (κ3) is 4.25. The second-order valence-corrected chi connectivity index (χ2v) is 7.49. The molecule has 1 amide bonds. The number of esters is 1. The van der Waals surface area contributed by atoms with Crippen molar-refractivity contribution >= 4 is 21.7 Å². The molecular formula is C14H15F2NO5S. The summed E-state index contributed by atoms with van der Waals surface area (Å²) in [7, 11) is -1.73. The van der Waals surface area contributed by atoms with Crippen LogP contribution in [0.15, 0.2) is 18.2 Å². The molecule has 0 saturated carbocycles. The molecule has 0 unspecified atom stereocenters. The highest BCUT2D eigenvalue weighted by Crippen LogP contribution is 2.17. The first-order valence-corrected chi connectivity index (χ1v) is 8.60. The van der Waals surface area contributed by atoms with Crippen LogP contribution in [-0.2, 0) is 19.4 Å². The van der Waals surface area contributed by atoms with E-state index in [1.54, 1.807) is 0 Å². The predicted molar refractivity (Wildman–Crippen MR) is 76.5 cm³/mol. The number of rotatable bonds is 4. The van der Waals surface area contributed by atoms with Crippen molar-refractivity contribution in [3.8, 4) is 0 Å². The summed E-state index contributed by atoms with van der Waals surface area (Å²) < 4.78 is 53.7. The predicted octanol–water partition coefficient (Wildman–Crippen LogP) is 0.767. The van der Waals surface area contributed by atoms with Gasteiger partial charge in [0.25, 0.3) is 5.91 Å². The lowest BCUT2D eigenvalue weighted by molar-refractivity contribution is -0.134. The van der Waals surface area contributed by atoms with Crippen LogP contribution in [0.5, 0.6) is 0 Å². The molecule has 2 rings (SSSR count). The fourth-order valence-corrected chi connectivity index (χ4v) is 4.02. The molecule has 1 heterocycles. The van der Waals surface area contributed by atoms with Crippen molar-refractivity contribution in [3.05, 3.63) is 35.4 Å². The minimum atomic E-state index is -3.14. The van der Waals surface area contributed by atoms with Crippen LogP contribution < -0.4 is 0 Å². The minimum Gasteiger partial charge on any atom is -0.452 e. The molecule has 0 spiro atoms. The number of likely N-dealkylation sites (N-methyl/N-ethyl adjacent to an activating group) is 1. The normalized spacial score (nSPS) is 19.3. The average Bonchev–Trinajstić information content (AvgIpc) is 2.83. The van der Waals surface area contributed by atoms with Crippen LogP contribution in [0.2, 0.25) is 0 Å². The molecule has 1 atom stereocenters. The van der Waals surface area contributed by atoms with Crippen LogP contribution in [0.4, 0.5) is 8.78 Å². The molecule has 1 fully saturated rings. The van der Waals surface area contributed by atoms with Gasteiger partial charge >= 0.3 is 5.97 Å². The number of carbonyl (C=O) groups is 2. The Bertz CT molecular complexity index is 735. The lowest BCUT2D eigenvalue weighted by Gasteiger charge is -2.23. The first-order chi connectivity index (χ1) is 10.7. The summed E-state index contributed by atoms with van der Waals surface area (Å²) in [5, 5.41) is 0. The summed E-state index contributed by atoms with van der Waals surface area (Å²) in [5.41, 5.74) is -0.481. The maximum Gasteiger partial charge on any atom is 0.341 e. The second-order valence-electron chi connectivity index (χ2n) is 5.26. The molecule has 0 N–H and O–H groups in total. The second kappa shape index (κ2) is 6.61. The van der Waals surface area contributed by atoms with Gasteiger partial charge in [-0.2, -0.15) is 0 Å². The van der Waals surface area contributed by atoms with Crippen molar-refractivity contribution in [2.75, 3.05) is 25.2 Å². The van der Waals surface area contributed by atoms with Gasteiger partial charge in [-0.3, -0.25) is 4.79 Å². The Labute approximate surface area is 131 Å². The zero-order chi connectivity index (χ0) is 17.2. The van der Waals surface area contributed by atoms with Gasteiger partial charge in [0.1, 0.15) is 11.6 Å². The molecule has 23 heavy (non-hydrogen) atoms. The summed E-state index contributed by atoms with van der Waals surface area (Å²) in [6.07, 6.45) is 0.325. The number of nitrogens with zero attached hydrogens (tertiary/aromatic N) is 1. The molecule has 1 aromatic rings. The Hall–Kier alpha value is -2.03. The highest BCUT2D eigenvalue weighted by molar-refractivity contribution is 7.91. The van der Waals surface area contributed by atoms with Crippen LogP contribution in [0.3, 0.4) is 0 Å². The van der Waals surface area contributed by atoms with Gasteiger partial charge in [0, 0.05) is 19.2 Å². The van der Waals surface area contributed by atoms with Gasteiger partial charge in [0.05, 0.1) is 17.1 Å². The van der Waals surface area contributed by atoms with Gasteiger partial charge in [0.2, 0.25) is 0 Å². The third-order valence-corrected chi connectivity index (χ3v) is 5.38. The fraction of sp³-hybridized carbons (Fsp3) is 0.429.